The van der Waals surface area contributed by atoms with Crippen molar-refractivity contribution in [3.05, 3.63) is 28.8 Å². The molecule has 86 valence electrons. The van der Waals surface area contributed by atoms with Crippen LogP contribution in [0, 0.1) is 0 Å². The Balaban J connectivity index is 2.99. The Morgan fingerprint density at radius 3 is 2.44 bits per heavy atom. The molecule has 0 radical (unpaired) electrons. The van der Waals surface area contributed by atoms with Crippen molar-refractivity contribution in [1.29, 1.82) is 0 Å². The highest BCUT2D eigenvalue weighted by Gasteiger charge is 2.16. The van der Waals surface area contributed by atoms with Gasteiger partial charge in [0.25, 0.3) is 5.78 Å². The van der Waals surface area contributed by atoms with Gasteiger partial charge in [0, 0.05) is 5.56 Å². The average molecular weight is 243 g/mol. The maximum atomic E-state index is 11.1. The molecule has 0 aliphatic rings. The highest BCUT2D eigenvalue weighted by molar-refractivity contribution is 6.40. The van der Waals surface area contributed by atoms with Gasteiger partial charge in [0.2, 0.25) is 0 Å². The molecule has 0 aliphatic heterocycles. The number of benzene rings is 1. The zero-order valence-corrected chi connectivity index (χ0v) is 9.62. The fourth-order valence-corrected chi connectivity index (χ4v) is 1.34. The minimum atomic E-state index is -1.51. The van der Waals surface area contributed by atoms with Gasteiger partial charge in [0.05, 0.1) is 11.1 Å². The second-order valence-electron chi connectivity index (χ2n) is 3.45. The molecule has 0 aromatic heterocycles. The number of hydrogen-bond donors (Lipinski definition) is 1. The number of carbonyl (C=O) groups excluding carboxylic acids is 1. The molecule has 0 aliphatic carbocycles. The van der Waals surface area contributed by atoms with Crippen LogP contribution in [0.3, 0.4) is 0 Å². The van der Waals surface area contributed by atoms with Crippen LogP contribution in [-0.2, 0) is 4.79 Å². The van der Waals surface area contributed by atoms with Crippen LogP contribution < -0.4 is 4.74 Å². The van der Waals surface area contributed by atoms with Crippen LogP contribution in [0.15, 0.2) is 18.2 Å². The number of carboxylic acid groups (broad SMARTS) is 1. The molecule has 0 heterocycles. The van der Waals surface area contributed by atoms with Gasteiger partial charge in [0.1, 0.15) is 5.75 Å². The van der Waals surface area contributed by atoms with Gasteiger partial charge >= 0.3 is 5.97 Å². The van der Waals surface area contributed by atoms with E-state index in [0.29, 0.717) is 5.75 Å². The molecule has 0 saturated heterocycles. The van der Waals surface area contributed by atoms with Crippen LogP contribution in [0.25, 0.3) is 0 Å². The monoisotopic (exact) mass is 242 g/mol. The van der Waals surface area contributed by atoms with Crippen molar-refractivity contribution in [1.82, 2.24) is 0 Å². The van der Waals surface area contributed by atoms with Gasteiger partial charge in [-0.1, -0.05) is 11.6 Å². The second-order valence-corrected chi connectivity index (χ2v) is 3.85. The first-order valence-corrected chi connectivity index (χ1v) is 5.03. The summed E-state index contributed by atoms with van der Waals surface area (Å²) in [5.41, 5.74) is 0.0357. The predicted octanol–water partition coefficient (Wildman–Crippen LogP) is 2.39. The van der Waals surface area contributed by atoms with E-state index in [0.717, 1.165) is 0 Å². The fraction of sp³-hybridized carbons (Fsp3) is 0.273. The number of aliphatic carboxylic acids is 1. The van der Waals surface area contributed by atoms with E-state index in [1.807, 2.05) is 13.8 Å². The van der Waals surface area contributed by atoms with Crippen molar-refractivity contribution in [3.63, 3.8) is 0 Å². The summed E-state index contributed by atoms with van der Waals surface area (Å²) in [4.78, 5) is 21.6. The molecule has 0 fully saturated rings. The lowest BCUT2D eigenvalue weighted by Gasteiger charge is -2.11. The molecule has 1 N–H and O–H groups in total. The third-order valence-corrected chi connectivity index (χ3v) is 2.05. The van der Waals surface area contributed by atoms with Gasteiger partial charge in [-0.25, -0.2) is 4.79 Å². The first-order chi connectivity index (χ1) is 7.41. The summed E-state index contributed by atoms with van der Waals surface area (Å²) in [6.45, 7) is 3.68. The number of hydrogen-bond acceptors (Lipinski definition) is 3. The number of carbonyl (C=O) groups is 2. The standard InChI is InChI=1S/C11H11ClO4/c1-6(2)16-9-4-3-7(5-8(9)12)10(13)11(14)15/h3-6H,1-2H3,(H,14,15). The van der Waals surface area contributed by atoms with Crippen LogP contribution in [-0.4, -0.2) is 23.0 Å². The molecule has 0 saturated carbocycles. The van der Waals surface area contributed by atoms with Crippen molar-refractivity contribution in [2.45, 2.75) is 20.0 Å². The van der Waals surface area contributed by atoms with Gasteiger partial charge < -0.3 is 9.84 Å². The summed E-state index contributed by atoms with van der Waals surface area (Å²) >= 11 is 5.85. The smallest absolute Gasteiger partial charge is 0.377 e. The van der Waals surface area contributed by atoms with Crippen LogP contribution in [0.5, 0.6) is 5.75 Å². The summed E-state index contributed by atoms with van der Waals surface area (Å²) in [5, 5.41) is 8.74. The minimum Gasteiger partial charge on any atom is -0.489 e. The number of ether oxygens (including phenoxy) is 1. The van der Waals surface area contributed by atoms with Gasteiger partial charge in [-0.3, -0.25) is 4.79 Å². The summed E-state index contributed by atoms with van der Waals surface area (Å²) in [7, 11) is 0. The zero-order valence-electron chi connectivity index (χ0n) is 8.86. The lowest BCUT2D eigenvalue weighted by Crippen LogP contribution is -2.13. The van der Waals surface area contributed by atoms with Crippen LogP contribution >= 0.6 is 11.6 Å². The zero-order chi connectivity index (χ0) is 12.3. The van der Waals surface area contributed by atoms with Crippen molar-refractivity contribution >= 4 is 23.4 Å². The van der Waals surface area contributed by atoms with Crippen LogP contribution in [0.4, 0.5) is 0 Å². The van der Waals surface area contributed by atoms with E-state index < -0.39 is 11.8 Å². The molecular formula is C11H11ClO4. The average Bonchev–Trinajstić information content (AvgIpc) is 2.19. The normalized spacial score (nSPS) is 10.2. The molecule has 0 spiro atoms. The first-order valence-electron chi connectivity index (χ1n) is 4.65. The Kier molecular flexibility index (Phi) is 3.90. The molecular weight excluding hydrogens is 232 g/mol. The predicted molar refractivity (Wildman–Crippen MR) is 59.2 cm³/mol. The maximum Gasteiger partial charge on any atom is 0.377 e. The number of rotatable bonds is 4. The number of halogens is 1. The Morgan fingerprint density at radius 2 is 2.00 bits per heavy atom. The molecule has 5 heteroatoms. The van der Waals surface area contributed by atoms with E-state index in [2.05, 4.69) is 0 Å². The summed E-state index contributed by atoms with van der Waals surface area (Å²) in [6.07, 6.45) is -0.0430. The maximum absolute atomic E-state index is 11.1. The van der Waals surface area contributed by atoms with Crippen molar-refractivity contribution in [2.24, 2.45) is 0 Å². The molecule has 0 unspecified atom stereocenters. The Morgan fingerprint density at radius 1 is 1.38 bits per heavy atom. The van der Waals surface area contributed by atoms with Crippen molar-refractivity contribution in [3.8, 4) is 5.75 Å². The van der Waals surface area contributed by atoms with E-state index in [1.54, 1.807) is 0 Å². The van der Waals surface area contributed by atoms with E-state index >= 15 is 0 Å². The molecule has 1 rings (SSSR count). The number of ketones is 1. The Bertz CT molecular complexity index is 426. The third kappa shape index (κ3) is 2.97. The van der Waals surface area contributed by atoms with E-state index in [9.17, 15) is 9.59 Å². The summed E-state index contributed by atoms with van der Waals surface area (Å²) in [5.74, 6) is -2.06. The van der Waals surface area contributed by atoms with Gasteiger partial charge in [0.15, 0.2) is 0 Å². The van der Waals surface area contributed by atoms with Crippen LogP contribution in [0.1, 0.15) is 24.2 Å². The topological polar surface area (TPSA) is 63.6 Å². The third-order valence-electron chi connectivity index (χ3n) is 1.75. The first kappa shape index (κ1) is 12.5. The SMILES string of the molecule is CC(C)Oc1ccc(C(=O)C(=O)O)cc1Cl. The van der Waals surface area contributed by atoms with Gasteiger partial charge in [-0.05, 0) is 32.0 Å². The van der Waals surface area contributed by atoms with E-state index in [4.69, 9.17) is 21.4 Å². The van der Waals surface area contributed by atoms with E-state index in [-0.39, 0.29) is 16.7 Å². The molecule has 16 heavy (non-hydrogen) atoms. The lowest BCUT2D eigenvalue weighted by molar-refractivity contribution is -0.131. The van der Waals surface area contributed by atoms with E-state index in [1.165, 1.54) is 18.2 Å². The molecule has 0 bridgehead atoms. The van der Waals surface area contributed by atoms with Crippen LogP contribution in [0.2, 0.25) is 5.02 Å². The molecule has 0 atom stereocenters. The van der Waals surface area contributed by atoms with Gasteiger partial charge in [-0.15, -0.1) is 0 Å². The Labute approximate surface area is 97.8 Å². The minimum absolute atomic E-state index is 0.0357. The lowest BCUT2D eigenvalue weighted by atomic mass is 10.1. The van der Waals surface area contributed by atoms with Gasteiger partial charge in [-0.2, -0.15) is 0 Å². The molecule has 1 aromatic rings. The Hall–Kier alpha value is -1.55. The van der Waals surface area contributed by atoms with Crippen molar-refractivity contribution < 1.29 is 19.4 Å². The largest absolute Gasteiger partial charge is 0.489 e. The molecule has 1 aromatic carbocycles. The second kappa shape index (κ2) is 4.99. The molecule has 0 amide bonds. The number of Topliss-reactive ketones (excluding diaryl/α,β-unsaturated/α-hetero) is 1. The highest BCUT2D eigenvalue weighted by atomic mass is 35.5. The summed E-state index contributed by atoms with van der Waals surface area (Å²) in [6, 6.07) is 4.15. The summed E-state index contributed by atoms with van der Waals surface area (Å²) < 4.78 is 5.35. The highest BCUT2D eigenvalue weighted by Crippen LogP contribution is 2.26. The molecule has 4 nitrogen and oxygen atoms in total. The number of carboxylic acids is 1. The van der Waals surface area contributed by atoms with Crippen molar-refractivity contribution in [2.75, 3.05) is 0 Å². The fourth-order valence-electron chi connectivity index (χ4n) is 1.12. The quantitative estimate of drug-likeness (QED) is 0.650.